The zero-order valence-corrected chi connectivity index (χ0v) is 9.40. The van der Waals surface area contributed by atoms with E-state index in [0.29, 0.717) is 5.06 Å². The maximum atomic E-state index is 11.2. The number of hydrogen-bond donors (Lipinski definition) is 1. The molecule has 0 aromatic heterocycles. The molecule has 0 aromatic rings. The van der Waals surface area contributed by atoms with Gasteiger partial charge in [-0.05, 0) is 27.7 Å². The van der Waals surface area contributed by atoms with Crippen molar-refractivity contribution in [2.24, 2.45) is 0 Å². The van der Waals surface area contributed by atoms with E-state index < -0.39 is 11.7 Å². The molecule has 5 heteroatoms. The number of carbonyl (C=O) groups excluding carboxylic acids is 1. The summed E-state index contributed by atoms with van der Waals surface area (Å²) in [5.74, 6) is 0. The summed E-state index contributed by atoms with van der Waals surface area (Å²) in [5, 5.41) is 9.77. The Balaban J connectivity index is 4.00. The Kier molecular flexibility index (Phi) is 4.87. The summed E-state index contributed by atoms with van der Waals surface area (Å²) in [6, 6.07) is 0. The van der Waals surface area contributed by atoms with Crippen LogP contribution < -0.4 is 0 Å². The number of hydrogen-bond acceptors (Lipinski definition) is 4. The van der Waals surface area contributed by atoms with Gasteiger partial charge in [0.05, 0.1) is 12.6 Å². The molecule has 0 aliphatic heterocycles. The molecule has 0 bridgehead atoms. The van der Waals surface area contributed by atoms with Gasteiger partial charge in [-0.15, -0.1) is 0 Å². The number of nitrogens with zero attached hydrogens (tertiary/aromatic N) is 1. The van der Waals surface area contributed by atoms with Crippen LogP contribution in [0.5, 0.6) is 0 Å². The van der Waals surface area contributed by atoms with Gasteiger partial charge >= 0.3 is 6.09 Å². The fourth-order valence-electron chi connectivity index (χ4n) is 0.707. The zero-order valence-electron chi connectivity index (χ0n) is 9.40. The van der Waals surface area contributed by atoms with Gasteiger partial charge < -0.3 is 9.47 Å². The van der Waals surface area contributed by atoms with Crippen LogP contribution in [0.2, 0.25) is 0 Å². The molecular formula is C9H19NO4. The highest BCUT2D eigenvalue weighted by Crippen LogP contribution is 2.09. The van der Waals surface area contributed by atoms with Gasteiger partial charge in [-0.2, -0.15) is 5.06 Å². The van der Waals surface area contributed by atoms with Crippen molar-refractivity contribution < 1.29 is 19.5 Å². The van der Waals surface area contributed by atoms with Gasteiger partial charge in [0.1, 0.15) is 5.60 Å². The summed E-state index contributed by atoms with van der Waals surface area (Å²) >= 11 is 0. The molecule has 0 fully saturated rings. The highest BCUT2D eigenvalue weighted by atomic mass is 16.6. The third-order valence-corrected chi connectivity index (χ3v) is 1.44. The van der Waals surface area contributed by atoms with Gasteiger partial charge in [0, 0.05) is 7.11 Å². The van der Waals surface area contributed by atoms with Crippen LogP contribution in [0.3, 0.4) is 0 Å². The SMILES string of the molecule is CO[C@H](C)CN(O)C(=O)OC(C)(C)C. The first-order chi connectivity index (χ1) is 6.26. The van der Waals surface area contributed by atoms with Crippen LogP contribution in [0.4, 0.5) is 4.79 Å². The second-order valence-corrected chi connectivity index (χ2v) is 4.11. The number of rotatable bonds is 3. The van der Waals surface area contributed by atoms with Crippen LogP contribution >= 0.6 is 0 Å². The number of methoxy groups -OCH3 is 1. The first kappa shape index (κ1) is 13.2. The van der Waals surface area contributed by atoms with E-state index in [2.05, 4.69) is 0 Å². The van der Waals surface area contributed by atoms with Gasteiger partial charge in [-0.25, -0.2) is 4.79 Å². The van der Waals surface area contributed by atoms with Crippen molar-refractivity contribution in [1.82, 2.24) is 5.06 Å². The summed E-state index contributed by atoms with van der Waals surface area (Å²) in [7, 11) is 1.51. The quantitative estimate of drug-likeness (QED) is 0.562. The molecule has 0 unspecified atom stereocenters. The van der Waals surface area contributed by atoms with Crippen molar-refractivity contribution in [2.45, 2.75) is 39.4 Å². The number of ether oxygens (including phenoxy) is 2. The number of amides is 1. The van der Waals surface area contributed by atoms with E-state index in [4.69, 9.17) is 9.47 Å². The Labute approximate surface area is 84.6 Å². The molecule has 1 N–H and O–H groups in total. The minimum Gasteiger partial charge on any atom is -0.442 e. The monoisotopic (exact) mass is 205 g/mol. The summed E-state index contributed by atoms with van der Waals surface area (Å²) in [4.78, 5) is 11.2. The molecule has 0 saturated heterocycles. The Hall–Kier alpha value is -0.810. The highest BCUT2D eigenvalue weighted by molar-refractivity contribution is 5.66. The molecule has 0 aliphatic carbocycles. The lowest BCUT2D eigenvalue weighted by atomic mass is 10.2. The molecule has 0 aliphatic rings. The average molecular weight is 205 g/mol. The van der Waals surface area contributed by atoms with Crippen molar-refractivity contribution in [1.29, 1.82) is 0 Å². The number of hydroxylamine groups is 2. The molecule has 1 atom stereocenters. The molecule has 0 aromatic carbocycles. The summed E-state index contributed by atoms with van der Waals surface area (Å²) in [6.07, 6.45) is -0.992. The maximum Gasteiger partial charge on any atom is 0.434 e. The predicted molar refractivity (Wildman–Crippen MR) is 51.2 cm³/mol. The molecule has 0 rings (SSSR count). The van der Waals surface area contributed by atoms with Crippen LogP contribution in [0.25, 0.3) is 0 Å². The normalized spacial score (nSPS) is 13.6. The second kappa shape index (κ2) is 5.17. The smallest absolute Gasteiger partial charge is 0.434 e. The van der Waals surface area contributed by atoms with E-state index >= 15 is 0 Å². The van der Waals surface area contributed by atoms with Crippen molar-refractivity contribution in [3.05, 3.63) is 0 Å². The molecule has 84 valence electrons. The molecule has 0 saturated carbocycles. The van der Waals surface area contributed by atoms with E-state index in [1.165, 1.54) is 7.11 Å². The summed E-state index contributed by atoms with van der Waals surface area (Å²) in [6.45, 7) is 7.04. The Bertz CT molecular complexity index is 188. The van der Waals surface area contributed by atoms with Crippen molar-refractivity contribution in [3.63, 3.8) is 0 Å². The third-order valence-electron chi connectivity index (χ3n) is 1.44. The fraction of sp³-hybridized carbons (Fsp3) is 0.889. The van der Waals surface area contributed by atoms with Gasteiger partial charge in [0.15, 0.2) is 0 Å². The summed E-state index contributed by atoms with van der Waals surface area (Å²) < 4.78 is 9.82. The summed E-state index contributed by atoms with van der Waals surface area (Å²) in [5.41, 5.74) is -0.603. The van der Waals surface area contributed by atoms with Crippen LogP contribution in [-0.4, -0.2) is 41.7 Å². The van der Waals surface area contributed by atoms with Crippen LogP contribution in [-0.2, 0) is 9.47 Å². The molecule has 1 amide bonds. The van der Waals surface area contributed by atoms with E-state index in [0.717, 1.165) is 0 Å². The standard InChI is InChI=1S/C9H19NO4/c1-7(13-5)6-10(12)8(11)14-9(2,3)4/h7,12H,6H2,1-5H3/t7-/m1/s1. The van der Waals surface area contributed by atoms with Crippen molar-refractivity contribution in [3.8, 4) is 0 Å². The van der Waals surface area contributed by atoms with E-state index in [9.17, 15) is 10.0 Å². The molecular weight excluding hydrogens is 186 g/mol. The molecule has 14 heavy (non-hydrogen) atoms. The lowest BCUT2D eigenvalue weighted by molar-refractivity contribution is -0.112. The molecule has 0 radical (unpaired) electrons. The average Bonchev–Trinajstić information content (AvgIpc) is 2.00. The molecule has 0 heterocycles. The minimum atomic E-state index is -0.763. The topological polar surface area (TPSA) is 59.0 Å². The second-order valence-electron chi connectivity index (χ2n) is 4.11. The Morgan fingerprint density at radius 1 is 1.50 bits per heavy atom. The lowest BCUT2D eigenvalue weighted by Gasteiger charge is -2.24. The molecule has 5 nitrogen and oxygen atoms in total. The fourth-order valence-corrected chi connectivity index (χ4v) is 0.707. The highest BCUT2D eigenvalue weighted by Gasteiger charge is 2.21. The van der Waals surface area contributed by atoms with Gasteiger partial charge in [0.25, 0.3) is 0 Å². The maximum absolute atomic E-state index is 11.2. The largest absolute Gasteiger partial charge is 0.442 e. The Morgan fingerprint density at radius 3 is 2.36 bits per heavy atom. The molecule has 0 spiro atoms. The van der Waals surface area contributed by atoms with E-state index in [1.54, 1.807) is 27.7 Å². The predicted octanol–water partition coefficient (Wildman–Crippen LogP) is 1.65. The lowest BCUT2D eigenvalue weighted by Crippen LogP contribution is -2.38. The minimum absolute atomic E-state index is 0.0887. The van der Waals surface area contributed by atoms with Gasteiger partial charge in [-0.3, -0.25) is 5.21 Å². The van der Waals surface area contributed by atoms with Crippen LogP contribution in [0, 0.1) is 0 Å². The number of carbonyl (C=O) groups is 1. The van der Waals surface area contributed by atoms with Crippen LogP contribution in [0.1, 0.15) is 27.7 Å². The van der Waals surface area contributed by atoms with E-state index in [1.807, 2.05) is 0 Å². The first-order valence-corrected chi connectivity index (χ1v) is 4.48. The van der Waals surface area contributed by atoms with Crippen LogP contribution in [0.15, 0.2) is 0 Å². The Morgan fingerprint density at radius 2 is 2.00 bits per heavy atom. The third kappa shape index (κ3) is 5.77. The first-order valence-electron chi connectivity index (χ1n) is 4.48. The van der Waals surface area contributed by atoms with E-state index in [-0.39, 0.29) is 12.6 Å². The van der Waals surface area contributed by atoms with Crippen molar-refractivity contribution >= 4 is 6.09 Å². The zero-order chi connectivity index (χ0) is 11.4. The van der Waals surface area contributed by atoms with Crippen molar-refractivity contribution in [2.75, 3.05) is 13.7 Å². The van der Waals surface area contributed by atoms with Gasteiger partial charge in [0.2, 0.25) is 0 Å². The van der Waals surface area contributed by atoms with Gasteiger partial charge in [-0.1, -0.05) is 0 Å².